The van der Waals surface area contributed by atoms with E-state index < -0.39 is 0 Å². The first-order valence-corrected chi connectivity index (χ1v) is 42.7. The minimum Gasteiger partial charge on any atom is -0.0683 e. The molecule has 0 aliphatic carbocycles. The quantitative estimate of drug-likeness (QED) is 0.122. The van der Waals surface area contributed by atoms with E-state index in [1.165, 1.54) is 104 Å². The van der Waals surface area contributed by atoms with Crippen LogP contribution in [0.25, 0.3) is 98.4 Å². The molecule has 0 atom stereocenters. The zero-order valence-electron chi connectivity index (χ0n) is 75.2. The summed E-state index contributed by atoms with van der Waals surface area (Å²) in [5, 5.41) is 13.2. The second-order valence-electron chi connectivity index (χ2n) is 20.8. The second kappa shape index (κ2) is 78.9. The van der Waals surface area contributed by atoms with Gasteiger partial charge in [0.1, 0.15) is 0 Å². The highest BCUT2D eigenvalue weighted by atomic mass is 14.1. The molecule has 0 heteroatoms. The fourth-order valence-corrected chi connectivity index (χ4v) is 10.1. The molecule has 113 heavy (non-hydrogen) atoms. The molecule has 16 aromatic rings. The minimum absolute atomic E-state index is 1.26. The van der Waals surface area contributed by atoms with Gasteiger partial charge < -0.3 is 0 Å². The second-order valence-corrected chi connectivity index (χ2v) is 20.8. The summed E-state index contributed by atoms with van der Waals surface area (Å²) in [6, 6.07) is 141. The van der Waals surface area contributed by atoms with Gasteiger partial charge in [-0.05, 0) is 117 Å². The maximum absolute atomic E-state index is 2.24. The predicted molar refractivity (Wildman–Crippen MR) is 527 cm³/mol. The summed E-state index contributed by atoms with van der Waals surface area (Å²) in [6.45, 7) is 54.1. The van der Waals surface area contributed by atoms with Crippen molar-refractivity contribution >= 4 is 53.9 Å². The number of fused-ring (bicyclic) bond motifs is 6. The SMILES string of the molecule is CC.CC.CC.CC.CC.CC.CC.CC.CC.CC.CC.CC.CC.Cc1ccccc1.c1ccc(-c2ccc(-c3ccccc3)cc2)cc1.c1ccc(-c2ccccc2)cc1.c1ccc(-c2ccccc2)cc1.c1ccc2c(c1)ccc1ccccc12.c1ccc2cc3ccccc3cc2c1.c1ccc2ccccc2c1. The largest absolute Gasteiger partial charge is 0.0683 e. The van der Waals surface area contributed by atoms with Gasteiger partial charge in [0.05, 0.1) is 0 Å². The van der Waals surface area contributed by atoms with Crippen LogP contribution in [0.2, 0.25) is 0 Å². The molecular weight excluding hydrogens is 1360 g/mol. The van der Waals surface area contributed by atoms with E-state index in [2.05, 4.69) is 359 Å². The molecule has 0 saturated heterocycles. The Labute approximate surface area is 692 Å². The van der Waals surface area contributed by atoms with E-state index in [1.54, 1.807) is 0 Å². The molecule has 16 rings (SSSR count). The van der Waals surface area contributed by atoms with E-state index in [4.69, 9.17) is 0 Å². The highest BCUT2D eigenvalue weighted by Crippen LogP contribution is 2.27. The van der Waals surface area contributed by atoms with Gasteiger partial charge in [-0.1, -0.05) is 580 Å². The van der Waals surface area contributed by atoms with Crippen LogP contribution in [0, 0.1) is 6.92 Å². The lowest BCUT2D eigenvalue weighted by atomic mass is 10.0. The van der Waals surface area contributed by atoms with Crippen LogP contribution in [-0.2, 0) is 0 Å². The molecule has 600 valence electrons. The Kier molecular flexibility index (Phi) is 75.5. The monoisotopic (exact) mass is 1510 g/mol. The first-order chi connectivity index (χ1) is 56.1. The molecule has 0 nitrogen and oxygen atoms in total. The Morgan fingerprint density at radius 2 is 0.239 bits per heavy atom. The summed E-state index contributed by atoms with van der Waals surface area (Å²) in [5.74, 6) is 0. The Morgan fingerprint density at radius 1 is 0.106 bits per heavy atom. The molecule has 0 radical (unpaired) electrons. The van der Waals surface area contributed by atoms with Crippen molar-refractivity contribution in [3.05, 3.63) is 412 Å². The van der Waals surface area contributed by atoms with Crippen LogP contribution in [0.1, 0.15) is 186 Å². The lowest BCUT2D eigenvalue weighted by Crippen LogP contribution is -1.79. The Bertz CT molecular complexity index is 4120. The van der Waals surface area contributed by atoms with Crippen LogP contribution in [0.15, 0.2) is 406 Å². The Hall–Kier alpha value is -11.2. The summed E-state index contributed by atoms with van der Waals surface area (Å²) in [5.41, 5.74) is 11.5. The van der Waals surface area contributed by atoms with E-state index in [0.717, 1.165) is 0 Å². The van der Waals surface area contributed by atoms with Crippen molar-refractivity contribution in [1.29, 1.82) is 0 Å². The van der Waals surface area contributed by atoms with Crippen molar-refractivity contribution in [2.75, 3.05) is 0 Å². The lowest BCUT2D eigenvalue weighted by molar-refractivity contribution is 1.48. The van der Waals surface area contributed by atoms with E-state index in [-0.39, 0.29) is 0 Å². The van der Waals surface area contributed by atoms with Crippen LogP contribution in [0.5, 0.6) is 0 Å². The van der Waals surface area contributed by atoms with Crippen LogP contribution in [-0.4, -0.2) is 0 Å². The van der Waals surface area contributed by atoms with Gasteiger partial charge in [0, 0.05) is 0 Å². The zero-order chi connectivity index (χ0) is 85.3. The average Bonchev–Trinajstić information content (AvgIpc) is 0.786. The van der Waals surface area contributed by atoms with Gasteiger partial charge in [0.2, 0.25) is 0 Å². The summed E-state index contributed by atoms with van der Waals surface area (Å²) >= 11 is 0. The van der Waals surface area contributed by atoms with Gasteiger partial charge in [0.25, 0.3) is 0 Å². The van der Waals surface area contributed by atoms with Crippen molar-refractivity contribution in [2.24, 2.45) is 0 Å². The molecule has 0 heterocycles. The highest BCUT2D eigenvalue weighted by Gasteiger charge is 2.01. The van der Waals surface area contributed by atoms with Crippen LogP contribution in [0.4, 0.5) is 0 Å². The van der Waals surface area contributed by atoms with Gasteiger partial charge in [-0.25, -0.2) is 0 Å². The molecule has 0 aromatic heterocycles. The van der Waals surface area contributed by atoms with Crippen molar-refractivity contribution < 1.29 is 0 Å². The standard InChI is InChI=1S/C18H14.2C14H10.2C12H10.C10H8.C7H8.13C2H6/c1-3-7-15(8-4-1)17-11-13-18(14-12-17)16-9-5-2-6-10-16;1-3-7-13-11(5-1)9-10-12-6-2-4-8-14(12)13;1-2-6-12-10-14-8-4-3-7-13(14)9-11(12)5-1;2*1-3-7-11(8-4-1)12-9-5-2-6-10-12;1-2-6-10-8-4-3-7-9(10)5-1;1-7-5-3-2-4-6-7;13*1-2/h1-14H;2*1-10H;2*1-10H;1-8H;2-6H,1H3;13*1-2H3. The van der Waals surface area contributed by atoms with Gasteiger partial charge >= 0.3 is 0 Å². The smallest absolute Gasteiger partial charge is 0.0105 e. The number of hydrogen-bond donors (Lipinski definition) is 0. The average molecular weight is 1510 g/mol. The number of hydrogen-bond acceptors (Lipinski definition) is 0. The molecular formula is C113H148. The maximum atomic E-state index is 2.24. The molecule has 16 aromatic carbocycles. The molecule has 0 unspecified atom stereocenters. The van der Waals surface area contributed by atoms with Gasteiger partial charge in [-0.2, -0.15) is 0 Å². The third-order valence-electron chi connectivity index (χ3n) is 14.7. The minimum atomic E-state index is 1.26. The molecule has 0 aliphatic rings. The number of rotatable bonds is 4. The van der Waals surface area contributed by atoms with E-state index in [0.29, 0.717) is 0 Å². The third-order valence-corrected chi connectivity index (χ3v) is 14.7. The van der Waals surface area contributed by atoms with E-state index in [9.17, 15) is 0 Å². The molecule has 0 amide bonds. The van der Waals surface area contributed by atoms with Crippen molar-refractivity contribution in [2.45, 2.75) is 187 Å². The molecule has 0 aliphatic heterocycles. The van der Waals surface area contributed by atoms with Crippen LogP contribution in [0.3, 0.4) is 0 Å². The summed E-state index contributed by atoms with van der Waals surface area (Å²) in [4.78, 5) is 0. The number of benzene rings is 16. The highest BCUT2D eigenvalue weighted by molar-refractivity contribution is 6.07. The van der Waals surface area contributed by atoms with Crippen molar-refractivity contribution in [1.82, 2.24) is 0 Å². The summed E-state index contributed by atoms with van der Waals surface area (Å²) in [7, 11) is 0. The number of aryl methyl sites for hydroxylation is 1. The fourth-order valence-electron chi connectivity index (χ4n) is 10.1. The van der Waals surface area contributed by atoms with Gasteiger partial charge in [-0.15, -0.1) is 0 Å². The maximum Gasteiger partial charge on any atom is -0.0105 e. The van der Waals surface area contributed by atoms with Crippen LogP contribution >= 0.6 is 0 Å². The molecule has 0 bridgehead atoms. The third kappa shape index (κ3) is 43.9. The van der Waals surface area contributed by atoms with E-state index >= 15 is 0 Å². The lowest BCUT2D eigenvalue weighted by Gasteiger charge is -2.04. The van der Waals surface area contributed by atoms with Crippen LogP contribution < -0.4 is 0 Å². The Balaban J connectivity index is -0.000000589. The fraction of sp³-hybridized carbons (Fsp3) is 0.239. The normalized spacial score (nSPS) is 8.49. The van der Waals surface area contributed by atoms with Gasteiger partial charge in [-0.3, -0.25) is 0 Å². The Morgan fingerprint density at radius 3 is 0.407 bits per heavy atom. The zero-order valence-corrected chi connectivity index (χ0v) is 75.2. The first-order valence-electron chi connectivity index (χ1n) is 42.7. The molecule has 0 spiro atoms. The molecule has 0 fully saturated rings. The summed E-state index contributed by atoms with van der Waals surface area (Å²) < 4.78 is 0. The predicted octanol–water partition coefficient (Wildman–Crippen LogP) is 37.9. The van der Waals surface area contributed by atoms with Crippen molar-refractivity contribution in [3.63, 3.8) is 0 Å². The molecule has 0 saturated carbocycles. The van der Waals surface area contributed by atoms with E-state index in [1.807, 2.05) is 235 Å². The van der Waals surface area contributed by atoms with Crippen molar-refractivity contribution in [3.8, 4) is 44.5 Å². The van der Waals surface area contributed by atoms with Gasteiger partial charge in [0.15, 0.2) is 0 Å². The first kappa shape index (κ1) is 108. The summed E-state index contributed by atoms with van der Waals surface area (Å²) in [6.07, 6.45) is 0. The molecule has 0 N–H and O–H groups in total. The topological polar surface area (TPSA) is 0 Å².